The van der Waals surface area contributed by atoms with Crippen molar-refractivity contribution in [1.29, 1.82) is 0 Å². The Morgan fingerprint density at radius 1 is 1.22 bits per heavy atom. The smallest absolute Gasteiger partial charge is 0.253 e. The lowest BCUT2D eigenvalue weighted by atomic mass is 9.88. The van der Waals surface area contributed by atoms with Crippen molar-refractivity contribution in [3.05, 3.63) is 23.9 Å². The first-order chi connectivity index (χ1) is 12.9. The summed E-state index contributed by atoms with van der Waals surface area (Å²) in [4.78, 5) is 37.7. The van der Waals surface area contributed by atoms with Crippen molar-refractivity contribution in [2.75, 3.05) is 7.11 Å². The SMILES string of the molecule is CCCC(C)C1C(=O)NC(=Nc2nc(C)c3cc(OC)ccc3n2)NC1=O. The van der Waals surface area contributed by atoms with Crippen LogP contribution in [0.4, 0.5) is 5.95 Å². The molecule has 1 aliphatic heterocycles. The minimum Gasteiger partial charge on any atom is -0.497 e. The molecule has 1 aromatic carbocycles. The van der Waals surface area contributed by atoms with Crippen LogP contribution in [0.15, 0.2) is 23.2 Å². The quantitative estimate of drug-likeness (QED) is 0.786. The van der Waals surface area contributed by atoms with Crippen molar-refractivity contribution in [2.45, 2.75) is 33.6 Å². The van der Waals surface area contributed by atoms with Crippen LogP contribution < -0.4 is 15.4 Å². The van der Waals surface area contributed by atoms with Gasteiger partial charge in [-0.15, -0.1) is 0 Å². The van der Waals surface area contributed by atoms with Gasteiger partial charge in [0.2, 0.25) is 17.8 Å². The molecule has 1 aliphatic rings. The van der Waals surface area contributed by atoms with E-state index in [1.807, 2.05) is 32.9 Å². The average Bonchev–Trinajstić information content (AvgIpc) is 2.61. The lowest BCUT2D eigenvalue weighted by Gasteiger charge is -2.27. The number of fused-ring (bicyclic) bond motifs is 1. The number of nitrogens with zero attached hydrogens (tertiary/aromatic N) is 3. The second kappa shape index (κ2) is 7.69. The Labute approximate surface area is 157 Å². The number of amides is 2. The average molecular weight is 369 g/mol. The van der Waals surface area contributed by atoms with Crippen LogP contribution in [-0.4, -0.2) is 34.9 Å². The van der Waals surface area contributed by atoms with Crippen LogP contribution in [0.1, 0.15) is 32.4 Å². The number of ether oxygens (including phenoxy) is 1. The van der Waals surface area contributed by atoms with Crippen LogP contribution in [-0.2, 0) is 9.59 Å². The van der Waals surface area contributed by atoms with E-state index < -0.39 is 5.92 Å². The number of aryl methyl sites for hydroxylation is 1. The van der Waals surface area contributed by atoms with E-state index in [0.717, 1.165) is 23.9 Å². The monoisotopic (exact) mass is 369 g/mol. The fraction of sp³-hybridized carbons (Fsp3) is 0.421. The van der Waals surface area contributed by atoms with Crippen molar-refractivity contribution >= 4 is 34.6 Å². The molecule has 1 fully saturated rings. The molecule has 0 saturated carbocycles. The van der Waals surface area contributed by atoms with Gasteiger partial charge in [0.15, 0.2) is 0 Å². The van der Waals surface area contributed by atoms with Crippen LogP contribution >= 0.6 is 0 Å². The van der Waals surface area contributed by atoms with Crippen LogP contribution in [0.2, 0.25) is 0 Å². The Bertz CT molecular complexity index is 905. The lowest BCUT2D eigenvalue weighted by molar-refractivity contribution is -0.137. The molecular formula is C19H23N5O3. The van der Waals surface area contributed by atoms with Gasteiger partial charge in [-0.25, -0.2) is 9.97 Å². The van der Waals surface area contributed by atoms with E-state index in [0.29, 0.717) is 11.3 Å². The van der Waals surface area contributed by atoms with E-state index in [4.69, 9.17) is 4.74 Å². The number of aromatic nitrogens is 2. The van der Waals surface area contributed by atoms with Crippen molar-refractivity contribution in [1.82, 2.24) is 20.6 Å². The van der Waals surface area contributed by atoms with Gasteiger partial charge in [0.1, 0.15) is 11.7 Å². The summed E-state index contributed by atoms with van der Waals surface area (Å²) >= 11 is 0. The van der Waals surface area contributed by atoms with Gasteiger partial charge in [-0.1, -0.05) is 20.3 Å². The first-order valence-electron chi connectivity index (χ1n) is 8.95. The van der Waals surface area contributed by atoms with Gasteiger partial charge in [0.25, 0.3) is 5.95 Å². The molecule has 0 radical (unpaired) electrons. The number of hydrogen-bond donors (Lipinski definition) is 2. The standard InChI is InChI=1S/C19H23N5O3/c1-5-6-10(2)15-16(25)22-19(23-17(15)26)24-18-20-11(3)13-9-12(27-4)7-8-14(13)21-18/h7-10,15H,5-6H2,1-4H3,(H2,20,21,22,23,24,25,26). The molecule has 3 rings (SSSR count). The summed E-state index contributed by atoms with van der Waals surface area (Å²) in [6.07, 6.45) is 1.71. The summed E-state index contributed by atoms with van der Waals surface area (Å²) in [5.74, 6) is -0.506. The van der Waals surface area contributed by atoms with E-state index in [-0.39, 0.29) is 29.6 Å². The molecule has 1 atom stereocenters. The normalized spacial score (nSPS) is 18.1. The van der Waals surface area contributed by atoms with Crippen molar-refractivity contribution in [3.63, 3.8) is 0 Å². The Kier molecular flexibility index (Phi) is 5.34. The molecule has 142 valence electrons. The van der Waals surface area contributed by atoms with E-state index in [1.54, 1.807) is 13.2 Å². The van der Waals surface area contributed by atoms with E-state index in [9.17, 15) is 9.59 Å². The number of carbonyl (C=O) groups is 2. The maximum absolute atomic E-state index is 12.4. The molecule has 2 aromatic rings. The van der Waals surface area contributed by atoms with Gasteiger partial charge < -0.3 is 4.74 Å². The molecule has 1 saturated heterocycles. The van der Waals surface area contributed by atoms with Crippen molar-refractivity contribution in [2.24, 2.45) is 16.8 Å². The first-order valence-corrected chi connectivity index (χ1v) is 8.95. The summed E-state index contributed by atoms with van der Waals surface area (Å²) in [5, 5.41) is 6.15. The van der Waals surface area contributed by atoms with Crippen molar-refractivity contribution < 1.29 is 14.3 Å². The topological polar surface area (TPSA) is 106 Å². The molecule has 8 nitrogen and oxygen atoms in total. The highest BCUT2D eigenvalue weighted by Crippen LogP contribution is 2.24. The summed E-state index contributed by atoms with van der Waals surface area (Å²) in [6.45, 7) is 5.77. The molecule has 0 bridgehead atoms. The minimum absolute atomic E-state index is 0.0364. The van der Waals surface area contributed by atoms with E-state index >= 15 is 0 Å². The molecule has 2 N–H and O–H groups in total. The van der Waals surface area contributed by atoms with Gasteiger partial charge >= 0.3 is 0 Å². The van der Waals surface area contributed by atoms with Gasteiger partial charge in [0.05, 0.1) is 18.3 Å². The zero-order valence-electron chi connectivity index (χ0n) is 15.9. The molecule has 0 spiro atoms. The molecule has 1 aromatic heterocycles. The fourth-order valence-corrected chi connectivity index (χ4v) is 3.26. The fourth-order valence-electron chi connectivity index (χ4n) is 3.26. The third-order valence-corrected chi connectivity index (χ3v) is 4.65. The Hall–Kier alpha value is -3.03. The third kappa shape index (κ3) is 3.89. The highest BCUT2D eigenvalue weighted by atomic mass is 16.5. The number of carbonyl (C=O) groups excluding carboxylic acids is 2. The molecular weight excluding hydrogens is 346 g/mol. The van der Waals surface area contributed by atoms with Gasteiger partial charge in [-0.05, 0) is 37.5 Å². The van der Waals surface area contributed by atoms with Crippen LogP contribution in [0.5, 0.6) is 5.75 Å². The van der Waals surface area contributed by atoms with Crippen LogP contribution in [0, 0.1) is 18.8 Å². The zero-order chi connectivity index (χ0) is 19.6. The second-order valence-electron chi connectivity index (χ2n) is 6.67. The Balaban J connectivity index is 1.87. The highest BCUT2D eigenvalue weighted by molar-refractivity contribution is 6.18. The van der Waals surface area contributed by atoms with Crippen LogP contribution in [0.3, 0.4) is 0 Å². The molecule has 1 unspecified atom stereocenters. The number of hydrogen-bond acceptors (Lipinski definition) is 6. The van der Waals surface area contributed by atoms with Crippen LogP contribution in [0.25, 0.3) is 10.9 Å². The largest absolute Gasteiger partial charge is 0.497 e. The summed E-state index contributed by atoms with van der Waals surface area (Å²) < 4.78 is 5.22. The number of aliphatic imine (C=N–C) groups is 1. The summed E-state index contributed by atoms with van der Waals surface area (Å²) in [7, 11) is 1.60. The number of rotatable bonds is 5. The predicted octanol–water partition coefficient (Wildman–Crippen LogP) is 2.23. The molecule has 2 amide bonds. The predicted molar refractivity (Wildman–Crippen MR) is 102 cm³/mol. The highest BCUT2D eigenvalue weighted by Gasteiger charge is 2.37. The number of benzene rings is 1. The van der Waals surface area contributed by atoms with E-state index in [2.05, 4.69) is 25.6 Å². The van der Waals surface area contributed by atoms with Crippen molar-refractivity contribution in [3.8, 4) is 5.75 Å². The first kappa shape index (κ1) is 18.8. The number of methoxy groups -OCH3 is 1. The number of nitrogens with one attached hydrogen (secondary N) is 2. The van der Waals surface area contributed by atoms with Gasteiger partial charge in [-0.3, -0.25) is 20.2 Å². The lowest BCUT2D eigenvalue weighted by Crippen LogP contribution is -2.58. The maximum atomic E-state index is 12.4. The second-order valence-corrected chi connectivity index (χ2v) is 6.67. The Morgan fingerprint density at radius 2 is 1.93 bits per heavy atom. The molecule has 8 heteroatoms. The zero-order valence-corrected chi connectivity index (χ0v) is 15.9. The molecule has 0 aliphatic carbocycles. The third-order valence-electron chi connectivity index (χ3n) is 4.65. The van der Waals surface area contributed by atoms with E-state index in [1.165, 1.54) is 0 Å². The summed E-state index contributed by atoms with van der Waals surface area (Å²) in [5.41, 5.74) is 1.42. The molecule has 27 heavy (non-hydrogen) atoms. The minimum atomic E-state index is -0.712. The molecule has 2 heterocycles. The van der Waals surface area contributed by atoms with Gasteiger partial charge in [-0.2, -0.15) is 4.99 Å². The Morgan fingerprint density at radius 3 is 2.56 bits per heavy atom. The summed E-state index contributed by atoms with van der Waals surface area (Å²) in [6, 6.07) is 5.47. The maximum Gasteiger partial charge on any atom is 0.253 e. The van der Waals surface area contributed by atoms with Gasteiger partial charge in [0, 0.05) is 5.39 Å². The number of guanidine groups is 1.